The molecule has 0 fully saturated rings. The molecule has 0 saturated heterocycles. The van der Waals surface area contributed by atoms with Gasteiger partial charge in [-0.2, -0.15) is 0 Å². The Labute approximate surface area is 103 Å². The van der Waals surface area contributed by atoms with Crippen LogP contribution in [-0.2, 0) is 10.2 Å². The number of nitrogens with two attached hydrogens (primary N) is 1. The molecule has 0 aliphatic heterocycles. The summed E-state index contributed by atoms with van der Waals surface area (Å²) in [6, 6.07) is 1.66. The summed E-state index contributed by atoms with van der Waals surface area (Å²) >= 11 is 4.68. The lowest BCUT2D eigenvalue weighted by Crippen LogP contribution is -2.47. The highest BCUT2D eigenvalue weighted by atomic mass is 32.1. The van der Waals surface area contributed by atoms with Gasteiger partial charge in [-0.15, -0.1) is 0 Å². The topological polar surface area (TPSA) is 81.1 Å². The molecule has 0 spiro atoms. The molecule has 0 bridgehead atoms. The number of amides is 1. The second kappa shape index (κ2) is 4.50. The molecule has 5 nitrogen and oxygen atoms in total. The summed E-state index contributed by atoms with van der Waals surface area (Å²) < 4.78 is 4.80. The average molecular weight is 249 g/mol. The zero-order valence-electron chi connectivity index (χ0n) is 8.92. The van der Waals surface area contributed by atoms with E-state index in [4.69, 9.17) is 10.3 Å². The van der Waals surface area contributed by atoms with E-state index in [-0.39, 0.29) is 11.0 Å². The van der Waals surface area contributed by atoms with Gasteiger partial charge in [-0.3, -0.25) is 4.79 Å². The van der Waals surface area contributed by atoms with Crippen LogP contribution in [0.3, 0.4) is 0 Å². The highest BCUT2D eigenvalue weighted by molar-refractivity contribution is 7.80. The highest BCUT2D eigenvalue weighted by Gasteiger charge is 2.40. The normalized spacial score (nSPS) is 22.4. The molecule has 1 heterocycles. The minimum absolute atomic E-state index is 0.0548. The largest absolute Gasteiger partial charge is 0.376 e. The minimum atomic E-state index is -0.898. The molecule has 0 radical (unpaired) electrons. The first kappa shape index (κ1) is 11.5. The third-order valence-corrected chi connectivity index (χ3v) is 2.71. The molecule has 1 atom stereocenters. The predicted octanol–water partition coefficient (Wildman–Crippen LogP) is 0.788. The van der Waals surface area contributed by atoms with Crippen LogP contribution in [0.25, 0.3) is 0 Å². The van der Waals surface area contributed by atoms with Gasteiger partial charge in [0.2, 0.25) is 5.91 Å². The lowest BCUT2D eigenvalue weighted by atomic mass is 9.78. The third kappa shape index (κ3) is 2.12. The lowest BCUT2D eigenvalue weighted by molar-refractivity contribution is -0.123. The molecule has 0 aromatic carbocycles. The molecule has 6 heteroatoms. The Bertz CT molecular complexity index is 493. The van der Waals surface area contributed by atoms with Crippen molar-refractivity contribution < 1.29 is 9.32 Å². The summed E-state index contributed by atoms with van der Waals surface area (Å²) in [5.74, 6) is -0.306. The molecule has 1 aliphatic carbocycles. The van der Waals surface area contributed by atoms with Crippen LogP contribution in [0.15, 0.2) is 41.2 Å². The van der Waals surface area contributed by atoms with E-state index in [1.165, 1.54) is 6.26 Å². The monoisotopic (exact) mass is 249 g/mol. The van der Waals surface area contributed by atoms with E-state index >= 15 is 0 Å². The Morgan fingerprint density at radius 3 is 2.94 bits per heavy atom. The standard InChI is InChI=1S/C11H11N3O2S/c12-10(17)13-9(15)11(5-2-1-3-6-11)8-4-7-16-14-8/h1-5,7H,6H2,(H3,12,13,15,17). The molecule has 17 heavy (non-hydrogen) atoms. The first-order valence-corrected chi connectivity index (χ1v) is 5.42. The number of carbonyl (C=O) groups excluding carboxylic acids is 1. The van der Waals surface area contributed by atoms with Gasteiger partial charge in [0.05, 0.1) is 0 Å². The number of hydrogen-bond donors (Lipinski definition) is 2. The second-order valence-electron chi connectivity index (χ2n) is 3.67. The molecule has 1 amide bonds. The van der Waals surface area contributed by atoms with Crippen LogP contribution >= 0.6 is 12.2 Å². The zero-order valence-corrected chi connectivity index (χ0v) is 9.74. The second-order valence-corrected chi connectivity index (χ2v) is 4.11. The SMILES string of the molecule is NC(=S)NC(=O)C1(c2ccon2)C=CC=CC1. The molecular formula is C11H11N3O2S. The fourth-order valence-corrected chi connectivity index (χ4v) is 1.85. The molecule has 0 saturated carbocycles. The van der Waals surface area contributed by atoms with Crippen LogP contribution in [0.2, 0.25) is 0 Å². The molecule has 3 N–H and O–H groups in total. The quantitative estimate of drug-likeness (QED) is 0.757. The third-order valence-electron chi connectivity index (χ3n) is 2.60. The van der Waals surface area contributed by atoms with E-state index in [2.05, 4.69) is 22.7 Å². The van der Waals surface area contributed by atoms with E-state index in [0.717, 1.165) is 0 Å². The van der Waals surface area contributed by atoms with Crippen LogP contribution in [0.1, 0.15) is 12.1 Å². The maximum atomic E-state index is 12.2. The number of nitrogens with one attached hydrogen (secondary N) is 1. The number of carbonyl (C=O) groups is 1. The van der Waals surface area contributed by atoms with Gasteiger partial charge in [-0.05, 0) is 18.6 Å². The van der Waals surface area contributed by atoms with E-state index in [1.807, 2.05) is 12.2 Å². The molecule has 1 aromatic heterocycles. The van der Waals surface area contributed by atoms with Crippen molar-refractivity contribution in [1.29, 1.82) is 0 Å². The van der Waals surface area contributed by atoms with Crippen molar-refractivity contribution in [3.05, 3.63) is 42.3 Å². The van der Waals surface area contributed by atoms with Crippen LogP contribution in [0.5, 0.6) is 0 Å². The summed E-state index contributed by atoms with van der Waals surface area (Å²) in [6.07, 6.45) is 9.22. The molecule has 1 aromatic rings. The smallest absolute Gasteiger partial charge is 0.242 e. The van der Waals surface area contributed by atoms with Crippen molar-refractivity contribution in [2.45, 2.75) is 11.8 Å². The minimum Gasteiger partial charge on any atom is -0.376 e. The Kier molecular flexibility index (Phi) is 3.06. The Morgan fingerprint density at radius 1 is 1.59 bits per heavy atom. The number of nitrogens with zero attached hydrogens (tertiary/aromatic N) is 1. The number of aromatic nitrogens is 1. The first-order chi connectivity index (χ1) is 8.15. The molecule has 1 aliphatic rings. The lowest BCUT2D eigenvalue weighted by Gasteiger charge is -2.27. The van der Waals surface area contributed by atoms with Crippen LogP contribution in [0, 0.1) is 0 Å². The van der Waals surface area contributed by atoms with E-state index in [9.17, 15) is 4.79 Å². The fourth-order valence-electron chi connectivity index (χ4n) is 1.76. The number of allylic oxidation sites excluding steroid dienone is 3. The number of hydrogen-bond acceptors (Lipinski definition) is 4. The van der Waals surface area contributed by atoms with E-state index in [1.54, 1.807) is 18.2 Å². The number of rotatable bonds is 2. The highest BCUT2D eigenvalue weighted by Crippen LogP contribution is 2.31. The molecule has 88 valence electrons. The number of thiocarbonyl (C=S) groups is 1. The van der Waals surface area contributed by atoms with Crippen molar-refractivity contribution in [2.75, 3.05) is 0 Å². The summed E-state index contributed by atoms with van der Waals surface area (Å²) in [7, 11) is 0. The van der Waals surface area contributed by atoms with Crippen molar-refractivity contribution in [3.63, 3.8) is 0 Å². The first-order valence-electron chi connectivity index (χ1n) is 5.01. The molecular weight excluding hydrogens is 238 g/mol. The zero-order chi connectivity index (χ0) is 12.3. The van der Waals surface area contributed by atoms with Gasteiger partial charge in [0.25, 0.3) is 0 Å². The van der Waals surface area contributed by atoms with Crippen molar-refractivity contribution in [2.24, 2.45) is 5.73 Å². The van der Waals surface area contributed by atoms with Crippen molar-refractivity contribution >= 4 is 23.2 Å². The van der Waals surface area contributed by atoms with E-state index < -0.39 is 5.41 Å². The van der Waals surface area contributed by atoms with Crippen LogP contribution < -0.4 is 11.1 Å². The summed E-state index contributed by atoms with van der Waals surface area (Å²) in [4.78, 5) is 12.2. The van der Waals surface area contributed by atoms with Gasteiger partial charge >= 0.3 is 0 Å². The Morgan fingerprint density at radius 2 is 2.41 bits per heavy atom. The van der Waals surface area contributed by atoms with Gasteiger partial charge in [0, 0.05) is 6.07 Å². The van der Waals surface area contributed by atoms with Crippen molar-refractivity contribution in [3.8, 4) is 0 Å². The fraction of sp³-hybridized carbons (Fsp3) is 0.182. The van der Waals surface area contributed by atoms with Gasteiger partial charge in [0.15, 0.2) is 5.11 Å². The Hall–Kier alpha value is -1.95. The van der Waals surface area contributed by atoms with Gasteiger partial charge < -0.3 is 15.6 Å². The maximum absolute atomic E-state index is 12.2. The summed E-state index contributed by atoms with van der Waals surface area (Å²) in [6.45, 7) is 0. The van der Waals surface area contributed by atoms with Crippen molar-refractivity contribution in [1.82, 2.24) is 10.5 Å². The predicted molar refractivity (Wildman–Crippen MR) is 66.0 cm³/mol. The van der Waals surface area contributed by atoms with E-state index in [0.29, 0.717) is 12.1 Å². The van der Waals surface area contributed by atoms with Gasteiger partial charge in [0.1, 0.15) is 17.4 Å². The molecule has 1 unspecified atom stereocenters. The van der Waals surface area contributed by atoms with Gasteiger partial charge in [-0.1, -0.05) is 29.5 Å². The van der Waals surface area contributed by atoms with Gasteiger partial charge in [-0.25, -0.2) is 0 Å². The summed E-state index contributed by atoms with van der Waals surface area (Å²) in [5.41, 5.74) is 4.96. The van der Waals surface area contributed by atoms with Crippen LogP contribution in [0.4, 0.5) is 0 Å². The molecule has 2 rings (SSSR count). The Balaban J connectivity index is 2.38. The summed E-state index contributed by atoms with van der Waals surface area (Å²) in [5, 5.41) is 6.23. The van der Waals surface area contributed by atoms with Crippen LogP contribution in [-0.4, -0.2) is 16.2 Å². The maximum Gasteiger partial charge on any atom is 0.242 e. The average Bonchev–Trinajstić information content (AvgIpc) is 2.83.